The fourth-order valence-electron chi connectivity index (χ4n) is 0.784. The Kier molecular flexibility index (Phi) is 2.05. The van der Waals surface area contributed by atoms with Crippen LogP contribution in [-0.2, 0) is 13.7 Å². The Morgan fingerprint density at radius 3 is 2.91 bits per heavy atom. The molecular weight excluding hydrogens is 144 g/mol. The van der Waals surface area contributed by atoms with Crippen LogP contribution in [0.4, 0.5) is 0 Å². The minimum atomic E-state index is -0.250. The maximum absolute atomic E-state index is 11.2. The van der Waals surface area contributed by atoms with E-state index < -0.39 is 0 Å². The third kappa shape index (κ3) is 1.30. The first-order valence-corrected chi connectivity index (χ1v) is 3.29. The van der Waals surface area contributed by atoms with Crippen molar-refractivity contribution < 1.29 is 5.11 Å². The lowest BCUT2D eigenvalue weighted by molar-refractivity contribution is 0.278. The molecule has 11 heavy (non-hydrogen) atoms. The third-order valence-corrected chi connectivity index (χ3v) is 1.64. The Balaban J connectivity index is 3.37. The Bertz CT molecular complexity index is 317. The van der Waals surface area contributed by atoms with Crippen molar-refractivity contribution in [2.45, 2.75) is 13.5 Å². The van der Waals surface area contributed by atoms with Gasteiger partial charge in [0.2, 0.25) is 0 Å². The highest BCUT2D eigenvalue weighted by molar-refractivity contribution is 5.05. The van der Waals surface area contributed by atoms with Gasteiger partial charge < -0.3 is 5.11 Å². The molecule has 0 aliphatic rings. The number of rotatable bonds is 1. The molecule has 0 saturated heterocycles. The highest BCUT2D eigenvalue weighted by atomic mass is 16.3. The molecule has 0 amide bonds. The van der Waals surface area contributed by atoms with Crippen LogP contribution in [0.5, 0.6) is 0 Å². The van der Waals surface area contributed by atoms with E-state index >= 15 is 0 Å². The quantitative estimate of drug-likeness (QED) is 0.597. The Morgan fingerprint density at radius 2 is 2.36 bits per heavy atom. The minimum Gasteiger partial charge on any atom is -0.391 e. The van der Waals surface area contributed by atoms with Crippen molar-refractivity contribution in [2.75, 3.05) is 0 Å². The monoisotopic (exact) mass is 154 g/mol. The van der Waals surface area contributed by atoms with E-state index in [2.05, 4.69) is 4.98 Å². The molecule has 1 rings (SSSR count). The van der Waals surface area contributed by atoms with Crippen LogP contribution in [0.1, 0.15) is 11.4 Å². The molecule has 0 unspecified atom stereocenters. The van der Waals surface area contributed by atoms with E-state index in [4.69, 9.17) is 5.11 Å². The Labute approximate surface area is 64.1 Å². The second-order valence-corrected chi connectivity index (χ2v) is 2.35. The number of hydrogen-bond donors (Lipinski definition) is 1. The normalized spacial score (nSPS) is 10.1. The van der Waals surface area contributed by atoms with Gasteiger partial charge in [0.1, 0.15) is 5.82 Å². The molecule has 4 heteroatoms. The molecule has 0 aromatic carbocycles. The SMILES string of the molecule is Cc1ncc(CO)c(=O)n1C. The van der Waals surface area contributed by atoms with Crippen molar-refractivity contribution in [3.05, 3.63) is 27.9 Å². The highest BCUT2D eigenvalue weighted by Crippen LogP contribution is 1.90. The van der Waals surface area contributed by atoms with Gasteiger partial charge in [-0.05, 0) is 6.92 Å². The van der Waals surface area contributed by atoms with Crippen molar-refractivity contribution in [3.63, 3.8) is 0 Å². The lowest BCUT2D eigenvalue weighted by Gasteiger charge is -2.02. The summed E-state index contributed by atoms with van der Waals surface area (Å²) in [5.41, 5.74) is 0.151. The lowest BCUT2D eigenvalue weighted by Crippen LogP contribution is -2.23. The fraction of sp³-hybridized carbons (Fsp3) is 0.429. The summed E-state index contributed by atoms with van der Waals surface area (Å²) in [6.45, 7) is 1.49. The molecule has 1 N–H and O–H groups in total. The molecule has 0 aliphatic carbocycles. The molecule has 0 aliphatic heterocycles. The van der Waals surface area contributed by atoms with Crippen LogP contribution >= 0.6 is 0 Å². The summed E-state index contributed by atoms with van der Waals surface area (Å²) in [6, 6.07) is 0. The third-order valence-electron chi connectivity index (χ3n) is 1.64. The first kappa shape index (κ1) is 7.94. The fourth-order valence-corrected chi connectivity index (χ4v) is 0.784. The summed E-state index contributed by atoms with van der Waals surface area (Å²) in [6.07, 6.45) is 1.40. The number of hydrogen-bond acceptors (Lipinski definition) is 3. The van der Waals surface area contributed by atoms with Gasteiger partial charge in [0.15, 0.2) is 0 Å². The summed E-state index contributed by atoms with van der Waals surface area (Å²) in [4.78, 5) is 15.1. The molecule has 0 saturated carbocycles. The van der Waals surface area contributed by atoms with E-state index in [0.717, 1.165) is 0 Å². The molecule has 0 bridgehead atoms. The summed E-state index contributed by atoms with van der Waals surface area (Å²) < 4.78 is 1.41. The summed E-state index contributed by atoms with van der Waals surface area (Å²) in [5.74, 6) is 0.646. The second kappa shape index (κ2) is 2.84. The molecule has 0 radical (unpaired) electrons. The molecule has 0 fully saturated rings. The average Bonchev–Trinajstić information content (AvgIpc) is 2.01. The molecule has 0 spiro atoms. The number of aryl methyl sites for hydroxylation is 1. The van der Waals surface area contributed by atoms with Gasteiger partial charge in [0.05, 0.1) is 12.2 Å². The van der Waals surface area contributed by atoms with Crippen LogP contribution in [-0.4, -0.2) is 14.7 Å². The first-order valence-electron chi connectivity index (χ1n) is 3.29. The van der Waals surface area contributed by atoms with Gasteiger partial charge in [-0.25, -0.2) is 4.98 Å². The predicted molar refractivity (Wildman–Crippen MR) is 40.1 cm³/mol. The van der Waals surface area contributed by atoms with Crippen molar-refractivity contribution >= 4 is 0 Å². The van der Waals surface area contributed by atoms with Crippen molar-refractivity contribution in [1.29, 1.82) is 0 Å². The molecule has 60 valence electrons. The molecule has 1 heterocycles. The van der Waals surface area contributed by atoms with Gasteiger partial charge >= 0.3 is 0 Å². The zero-order valence-corrected chi connectivity index (χ0v) is 6.53. The minimum absolute atomic E-state index is 0.181. The number of aliphatic hydroxyl groups is 1. The van der Waals surface area contributed by atoms with Gasteiger partial charge in [-0.1, -0.05) is 0 Å². The predicted octanol–water partition coefficient (Wildman–Crippen LogP) is -0.419. The second-order valence-electron chi connectivity index (χ2n) is 2.35. The number of aromatic nitrogens is 2. The Morgan fingerprint density at radius 1 is 1.73 bits per heavy atom. The van der Waals surface area contributed by atoms with Crippen molar-refractivity contribution in [1.82, 2.24) is 9.55 Å². The van der Waals surface area contributed by atoms with Gasteiger partial charge in [0.25, 0.3) is 5.56 Å². The maximum Gasteiger partial charge on any atom is 0.258 e. The van der Waals surface area contributed by atoms with E-state index in [9.17, 15) is 4.79 Å². The zero-order valence-electron chi connectivity index (χ0n) is 6.53. The van der Waals surface area contributed by atoms with E-state index in [1.165, 1.54) is 10.8 Å². The molecule has 0 atom stereocenters. The smallest absolute Gasteiger partial charge is 0.258 e. The van der Waals surface area contributed by atoms with E-state index in [1.807, 2.05) is 0 Å². The zero-order chi connectivity index (χ0) is 8.43. The van der Waals surface area contributed by atoms with Gasteiger partial charge in [-0.3, -0.25) is 9.36 Å². The lowest BCUT2D eigenvalue weighted by atomic mass is 10.3. The highest BCUT2D eigenvalue weighted by Gasteiger charge is 2.01. The van der Waals surface area contributed by atoms with Gasteiger partial charge in [-0.2, -0.15) is 0 Å². The van der Waals surface area contributed by atoms with Crippen LogP contribution in [0.25, 0.3) is 0 Å². The molecular formula is C7H10N2O2. The van der Waals surface area contributed by atoms with Crippen LogP contribution in [0.3, 0.4) is 0 Å². The Hall–Kier alpha value is -1.16. The van der Waals surface area contributed by atoms with Gasteiger partial charge in [-0.15, -0.1) is 0 Å². The number of nitrogens with zero attached hydrogens (tertiary/aromatic N) is 2. The number of aliphatic hydroxyl groups excluding tert-OH is 1. The topological polar surface area (TPSA) is 55.1 Å². The van der Waals surface area contributed by atoms with E-state index in [0.29, 0.717) is 11.4 Å². The van der Waals surface area contributed by atoms with Crippen LogP contribution in [0.15, 0.2) is 11.0 Å². The van der Waals surface area contributed by atoms with E-state index in [1.54, 1.807) is 14.0 Å². The van der Waals surface area contributed by atoms with Crippen LogP contribution in [0.2, 0.25) is 0 Å². The molecule has 1 aromatic rings. The van der Waals surface area contributed by atoms with Crippen molar-refractivity contribution in [3.8, 4) is 0 Å². The summed E-state index contributed by atoms with van der Waals surface area (Å²) in [7, 11) is 1.63. The van der Waals surface area contributed by atoms with Gasteiger partial charge in [0, 0.05) is 13.2 Å². The summed E-state index contributed by atoms with van der Waals surface area (Å²) in [5, 5.41) is 8.68. The van der Waals surface area contributed by atoms with Crippen LogP contribution < -0.4 is 5.56 Å². The van der Waals surface area contributed by atoms with Crippen LogP contribution in [0, 0.1) is 6.92 Å². The van der Waals surface area contributed by atoms with E-state index in [-0.39, 0.29) is 12.2 Å². The molecule has 4 nitrogen and oxygen atoms in total. The molecule has 1 aromatic heterocycles. The average molecular weight is 154 g/mol. The van der Waals surface area contributed by atoms with Crippen molar-refractivity contribution in [2.24, 2.45) is 7.05 Å². The maximum atomic E-state index is 11.2. The largest absolute Gasteiger partial charge is 0.391 e. The summed E-state index contributed by atoms with van der Waals surface area (Å²) >= 11 is 0. The standard InChI is InChI=1S/C7H10N2O2/c1-5-8-3-6(4-10)7(11)9(5)2/h3,10H,4H2,1-2H3. The first-order chi connectivity index (χ1) is 5.16.